The van der Waals surface area contributed by atoms with Crippen LogP contribution in [0.25, 0.3) is 5.03 Å². The minimum Gasteiger partial charge on any atom is -0.255 e. The Morgan fingerprint density at radius 2 is 2.40 bits per heavy atom. The number of hydrogen-bond donors (Lipinski definition) is 0. The van der Waals surface area contributed by atoms with Crippen molar-refractivity contribution in [2.24, 2.45) is 0 Å². The summed E-state index contributed by atoms with van der Waals surface area (Å²) in [6, 6.07) is 3.82. The van der Waals surface area contributed by atoms with E-state index in [2.05, 4.69) is 11.6 Å². The van der Waals surface area contributed by atoms with Gasteiger partial charge in [-0.3, -0.25) is 4.98 Å². The zero-order valence-electron chi connectivity index (χ0n) is 5.76. The van der Waals surface area contributed by atoms with E-state index in [1.54, 1.807) is 6.20 Å². The molecule has 0 bridgehead atoms. The molecule has 1 heterocycles. The molecule has 0 unspecified atom stereocenters. The van der Waals surface area contributed by atoms with Gasteiger partial charge in [-0.2, -0.15) is 0 Å². The highest BCUT2D eigenvalue weighted by molar-refractivity contribution is 6.48. The molecule has 0 aromatic carbocycles. The van der Waals surface area contributed by atoms with Crippen molar-refractivity contribution in [3.63, 3.8) is 0 Å². The predicted octanol–water partition coefficient (Wildman–Crippen LogP) is 2.60. The number of hydrogen-bond acceptors (Lipinski definition) is 1. The first-order valence-corrected chi connectivity index (χ1v) is 3.35. The second-order valence-corrected chi connectivity index (χ2v) is 2.58. The minimum atomic E-state index is 0.490. The predicted molar refractivity (Wildman–Crippen MR) is 43.9 cm³/mol. The molecule has 0 aliphatic rings. The lowest BCUT2D eigenvalue weighted by atomic mass is 10.2. The van der Waals surface area contributed by atoms with Gasteiger partial charge in [-0.25, -0.2) is 0 Å². The maximum Gasteiger partial charge on any atom is 0.0812 e. The third-order valence-corrected chi connectivity index (χ3v) is 1.39. The number of aromatic nitrogens is 1. The van der Waals surface area contributed by atoms with E-state index in [0.717, 1.165) is 11.3 Å². The van der Waals surface area contributed by atoms with Crippen LogP contribution in [-0.2, 0) is 0 Å². The molecule has 0 N–H and O–H groups in total. The molecule has 1 nitrogen and oxygen atoms in total. The Morgan fingerprint density at radius 3 is 2.80 bits per heavy atom. The van der Waals surface area contributed by atoms with Gasteiger partial charge in [0.2, 0.25) is 0 Å². The maximum atomic E-state index is 5.62. The van der Waals surface area contributed by atoms with Crippen LogP contribution in [0.15, 0.2) is 24.9 Å². The SMILES string of the molecule is C=C(Cl)c1cc(C)ccn1. The van der Waals surface area contributed by atoms with E-state index in [4.69, 9.17) is 11.6 Å². The standard InChI is InChI=1S/C8H8ClN/c1-6-3-4-10-8(5-6)7(2)9/h3-5H,2H2,1H3. The molecule has 1 rings (SSSR count). The summed E-state index contributed by atoms with van der Waals surface area (Å²) < 4.78 is 0. The van der Waals surface area contributed by atoms with E-state index in [1.807, 2.05) is 19.1 Å². The summed E-state index contributed by atoms with van der Waals surface area (Å²) >= 11 is 5.62. The molecule has 52 valence electrons. The lowest BCUT2D eigenvalue weighted by Crippen LogP contribution is -1.82. The summed E-state index contributed by atoms with van der Waals surface area (Å²) in [6.45, 7) is 5.56. The summed E-state index contributed by atoms with van der Waals surface area (Å²) in [5.74, 6) is 0. The number of nitrogens with zero attached hydrogens (tertiary/aromatic N) is 1. The molecule has 0 radical (unpaired) electrons. The number of rotatable bonds is 1. The van der Waals surface area contributed by atoms with Crippen LogP contribution in [-0.4, -0.2) is 4.98 Å². The van der Waals surface area contributed by atoms with Crippen LogP contribution >= 0.6 is 11.6 Å². The summed E-state index contributed by atoms with van der Waals surface area (Å²) in [6.07, 6.45) is 1.72. The molecule has 1 aromatic heterocycles. The van der Waals surface area contributed by atoms with Crippen molar-refractivity contribution in [1.82, 2.24) is 4.98 Å². The first-order chi connectivity index (χ1) is 4.70. The van der Waals surface area contributed by atoms with Gasteiger partial charge in [0, 0.05) is 6.20 Å². The van der Waals surface area contributed by atoms with E-state index < -0.39 is 0 Å². The maximum absolute atomic E-state index is 5.62. The number of halogens is 1. The highest BCUT2D eigenvalue weighted by Gasteiger charge is 1.94. The normalized spacial score (nSPS) is 9.40. The van der Waals surface area contributed by atoms with Crippen LogP contribution in [0.2, 0.25) is 0 Å². The molecule has 0 saturated carbocycles. The number of pyridine rings is 1. The molecule has 0 spiro atoms. The van der Waals surface area contributed by atoms with E-state index in [9.17, 15) is 0 Å². The average molecular weight is 154 g/mol. The first-order valence-electron chi connectivity index (χ1n) is 2.97. The Morgan fingerprint density at radius 1 is 1.70 bits per heavy atom. The third kappa shape index (κ3) is 1.58. The van der Waals surface area contributed by atoms with E-state index in [0.29, 0.717) is 5.03 Å². The molecule has 1 aromatic rings. The van der Waals surface area contributed by atoms with Gasteiger partial charge >= 0.3 is 0 Å². The monoisotopic (exact) mass is 153 g/mol. The topological polar surface area (TPSA) is 12.9 Å². The Labute approximate surface area is 65.4 Å². The van der Waals surface area contributed by atoms with Crippen LogP contribution < -0.4 is 0 Å². The van der Waals surface area contributed by atoms with Crippen molar-refractivity contribution >= 4 is 16.6 Å². The van der Waals surface area contributed by atoms with Crippen molar-refractivity contribution in [3.8, 4) is 0 Å². The summed E-state index contributed by atoms with van der Waals surface area (Å²) in [7, 11) is 0. The van der Waals surface area contributed by atoms with Crippen LogP contribution in [0.3, 0.4) is 0 Å². The van der Waals surface area contributed by atoms with Gasteiger partial charge < -0.3 is 0 Å². The van der Waals surface area contributed by atoms with Crippen LogP contribution in [0.4, 0.5) is 0 Å². The van der Waals surface area contributed by atoms with E-state index in [1.165, 1.54) is 0 Å². The van der Waals surface area contributed by atoms with Crippen molar-refractivity contribution in [3.05, 3.63) is 36.2 Å². The Kier molecular flexibility index (Phi) is 2.07. The van der Waals surface area contributed by atoms with Crippen molar-refractivity contribution in [2.75, 3.05) is 0 Å². The Hall–Kier alpha value is -0.820. The highest BCUT2D eigenvalue weighted by atomic mass is 35.5. The van der Waals surface area contributed by atoms with Crippen LogP contribution in [0.1, 0.15) is 11.3 Å². The minimum absolute atomic E-state index is 0.490. The number of aryl methyl sites for hydroxylation is 1. The van der Waals surface area contributed by atoms with Crippen molar-refractivity contribution < 1.29 is 0 Å². The van der Waals surface area contributed by atoms with Gasteiger partial charge in [0.1, 0.15) is 0 Å². The summed E-state index contributed by atoms with van der Waals surface area (Å²) in [4.78, 5) is 4.01. The molecule has 0 atom stereocenters. The quantitative estimate of drug-likeness (QED) is 0.605. The van der Waals surface area contributed by atoms with Gasteiger partial charge in [-0.1, -0.05) is 18.2 Å². The van der Waals surface area contributed by atoms with Gasteiger partial charge in [0.05, 0.1) is 10.7 Å². The third-order valence-electron chi connectivity index (χ3n) is 1.19. The van der Waals surface area contributed by atoms with Gasteiger partial charge in [0.25, 0.3) is 0 Å². The molecular weight excluding hydrogens is 146 g/mol. The van der Waals surface area contributed by atoms with E-state index in [-0.39, 0.29) is 0 Å². The average Bonchev–Trinajstić information content (AvgIpc) is 1.88. The lowest BCUT2D eigenvalue weighted by Gasteiger charge is -1.95. The van der Waals surface area contributed by atoms with Crippen molar-refractivity contribution in [1.29, 1.82) is 0 Å². The summed E-state index contributed by atoms with van der Waals surface area (Å²) in [5.41, 5.74) is 1.90. The molecule has 0 aliphatic carbocycles. The summed E-state index contributed by atoms with van der Waals surface area (Å²) in [5, 5.41) is 0.490. The lowest BCUT2D eigenvalue weighted by molar-refractivity contribution is 1.25. The zero-order valence-corrected chi connectivity index (χ0v) is 6.52. The van der Waals surface area contributed by atoms with Crippen LogP contribution in [0.5, 0.6) is 0 Å². The fourth-order valence-electron chi connectivity index (χ4n) is 0.685. The van der Waals surface area contributed by atoms with Gasteiger partial charge in [0.15, 0.2) is 0 Å². The second kappa shape index (κ2) is 2.84. The fraction of sp³-hybridized carbons (Fsp3) is 0.125. The molecule has 0 saturated heterocycles. The van der Waals surface area contributed by atoms with Crippen molar-refractivity contribution in [2.45, 2.75) is 6.92 Å². The van der Waals surface area contributed by atoms with Gasteiger partial charge in [-0.15, -0.1) is 0 Å². The molecule has 0 fully saturated rings. The molecule has 0 amide bonds. The molecular formula is C8H8ClN. The first kappa shape index (κ1) is 7.29. The second-order valence-electron chi connectivity index (χ2n) is 2.12. The highest BCUT2D eigenvalue weighted by Crippen LogP contribution is 2.13. The Bertz CT molecular complexity index is 255. The van der Waals surface area contributed by atoms with Gasteiger partial charge in [-0.05, 0) is 24.6 Å². The fourth-order valence-corrected chi connectivity index (χ4v) is 0.788. The smallest absolute Gasteiger partial charge is 0.0812 e. The van der Waals surface area contributed by atoms with E-state index >= 15 is 0 Å². The molecule has 10 heavy (non-hydrogen) atoms. The molecule has 0 aliphatic heterocycles. The Balaban J connectivity index is 3.07. The zero-order chi connectivity index (χ0) is 7.56. The largest absolute Gasteiger partial charge is 0.255 e. The van der Waals surface area contributed by atoms with Crippen LogP contribution in [0, 0.1) is 6.92 Å². The molecule has 2 heteroatoms.